The van der Waals surface area contributed by atoms with Gasteiger partial charge in [-0.1, -0.05) is 85.4 Å². The van der Waals surface area contributed by atoms with E-state index >= 15 is 0 Å². The molecule has 4 rings (SSSR count). The maximum absolute atomic E-state index is 12.0. The Morgan fingerprint density at radius 3 is 1.79 bits per heavy atom. The molecule has 0 aliphatic carbocycles. The number of hydrogen-bond donors (Lipinski definition) is 0. The van der Waals surface area contributed by atoms with Crippen LogP contribution in [0.15, 0.2) is 97.1 Å². The van der Waals surface area contributed by atoms with Crippen LogP contribution in [-0.4, -0.2) is 67.2 Å². The molecule has 4 aromatic rings. The van der Waals surface area contributed by atoms with Crippen molar-refractivity contribution in [1.82, 2.24) is 0 Å². The summed E-state index contributed by atoms with van der Waals surface area (Å²) in [6, 6.07) is 28.7. The summed E-state index contributed by atoms with van der Waals surface area (Å²) in [4.78, 5) is 12.0. The number of carbonyl (C=O) groups excluding carboxylic acids is 1. The molecule has 0 saturated carbocycles. The third-order valence-electron chi connectivity index (χ3n) is 7.40. The Hall–Kier alpha value is -2.98. The van der Waals surface area contributed by atoms with E-state index in [-0.39, 0.29) is 6.61 Å². The van der Waals surface area contributed by atoms with Crippen LogP contribution < -0.4 is 10.4 Å². The van der Waals surface area contributed by atoms with Crippen molar-refractivity contribution in [1.29, 1.82) is 0 Å². The SMILES string of the molecule is C=C(C)C(=O)OCCC[Si](OC)(OC)O[Si](C)(O[Si](OC)(OC)c1ccccc1)c1c2ccccc2cc2ccccc12. The number of rotatable bonds is 15. The second-order valence-corrected chi connectivity index (χ2v) is 19.5. The van der Waals surface area contributed by atoms with E-state index in [0.717, 1.165) is 31.9 Å². The molecule has 0 aromatic heterocycles. The Labute approximate surface area is 257 Å². The van der Waals surface area contributed by atoms with Crippen LogP contribution >= 0.6 is 0 Å². The molecular formula is C32H40O8Si3. The van der Waals surface area contributed by atoms with Crippen molar-refractivity contribution in [3.63, 3.8) is 0 Å². The third-order valence-corrected chi connectivity index (χ3v) is 18.6. The number of benzene rings is 4. The van der Waals surface area contributed by atoms with Crippen LogP contribution in [0, 0.1) is 0 Å². The highest BCUT2D eigenvalue weighted by atomic mass is 28.5. The average Bonchev–Trinajstić information content (AvgIpc) is 3.04. The van der Waals surface area contributed by atoms with Gasteiger partial charge in [0.15, 0.2) is 0 Å². The van der Waals surface area contributed by atoms with Crippen molar-refractivity contribution in [2.75, 3.05) is 35.0 Å². The molecule has 0 radical (unpaired) electrons. The molecule has 0 amide bonds. The van der Waals surface area contributed by atoms with E-state index in [0.29, 0.717) is 18.0 Å². The zero-order valence-electron chi connectivity index (χ0n) is 25.7. The van der Waals surface area contributed by atoms with Gasteiger partial charge in [-0.3, -0.25) is 0 Å². The molecule has 1 atom stereocenters. The normalized spacial score (nSPS) is 13.6. The minimum Gasteiger partial charge on any atom is -0.462 e. The monoisotopic (exact) mass is 636 g/mol. The first-order valence-electron chi connectivity index (χ1n) is 14.1. The van der Waals surface area contributed by atoms with Crippen LogP contribution in [0.25, 0.3) is 21.5 Å². The Balaban J connectivity index is 1.90. The van der Waals surface area contributed by atoms with Crippen molar-refractivity contribution in [2.45, 2.75) is 25.9 Å². The van der Waals surface area contributed by atoms with Crippen molar-refractivity contribution >= 4 is 64.1 Å². The molecule has 11 heteroatoms. The zero-order valence-corrected chi connectivity index (χ0v) is 28.7. The van der Waals surface area contributed by atoms with E-state index in [1.165, 1.54) is 0 Å². The molecule has 0 N–H and O–H groups in total. The first-order valence-corrected chi connectivity index (χ1v) is 20.0. The van der Waals surface area contributed by atoms with Crippen LogP contribution in [0.2, 0.25) is 12.6 Å². The van der Waals surface area contributed by atoms with Crippen LogP contribution in [0.4, 0.5) is 0 Å². The molecule has 0 aliphatic heterocycles. The highest BCUT2D eigenvalue weighted by Crippen LogP contribution is 2.31. The van der Waals surface area contributed by atoms with Crippen LogP contribution in [-0.2, 0) is 35.5 Å². The summed E-state index contributed by atoms with van der Waals surface area (Å²) in [7, 11) is -4.18. The molecular weight excluding hydrogens is 597 g/mol. The quantitative estimate of drug-likeness (QED) is 0.0581. The maximum atomic E-state index is 12.0. The van der Waals surface area contributed by atoms with Gasteiger partial charge in [0.2, 0.25) is 0 Å². The fraction of sp³-hybridized carbons (Fsp3) is 0.281. The minimum absolute atomic E-state index is 0.172. The zero-order chi connectivity index (χ0) is 31.1. The van der Waals surface area contributed by atoms with E-state index in [1.807, 2.05) is 61.1 Å². The van der Waals surface area contributed by atoms with Gasteiger partial charge in [0.25, 0.3) is 0 Å². The molecule has 0 heterocycles. The van der Waals surface area contributed by atoms with Gasteiger partial charge >= 0.3 is 32.1 Å². The highest BCUT2D eigenvalue weighted by Gasteiger charge is 2.56. The van der Waals surface area contributed by atoms with Gasteiger partial charge in [-0.25, -0.2) is 4.79 Å². The van der Waals surface area contributed by atoms with Crippen LogP contribution in [0.1, 0.15) is 13.3 Å². The summed E-state index contributed by atoms with van der Waals surface area (Å²) in [5.74, 6) is -0.438. The molecule has 1 unspecified atom stereocenters. The predicted octanol–water partition coefficient (Wildman–Crippen LogP) is 5.19. The molecule has 0 aliphatic rings. The topological polar surface area (TPSA) is 81.7 Å². The first-order chi connectivity index (χ1) is 20.7. The summed E-state index contributed by atoms with van der Waals surface area (Å²) >= 11 is 0. The maximum Gasteiger partial charge on any atom is 0.527 e. The van der Waals surface area contributed by atoms with Gasteiger partial charge < -0.3 is 30.7 Å². The number of esters is 1. The van der Waals surface area contributed by atoms with Gasteiger partial charge in [0.1, 0.15) is 0 Å². The Bertz CT molecular complexity index is 1500. The Morgan fingerprint density at radius 1 is 0.744 bits per heavy atom. The van der Waals surface area contributed by atoms with Crippen molar-refractivity contribution in [3.05, 3.63) is 97.1 Å². The largest absolute Gasteiger partial charge is 0.527 e. The standard InChI is InChI=1S/C32H40O8Si3/c1-25(2)32(33)38-22-15-23-42(34-3,35-4)39-41(7,40-43(36-5,37-6)28-18-9-8-10-19-28)31-29-20-13-11-16-26(29)24-27-17-12-14-21-30(27)31/h8-14,16-21,24H,1,15,22-23H2,2-7H3. The number of fused-ring (bicyclic) bond motifs is 2. The number of ether oxygens (including phenoxy) is 1. The van der Waals surface area contributed by atoms with E-state index in [1.54, 1.807) is 35.4 Å². The molecule has 0 spiro atoms. The lowest BCUT2D eigenvalue weighted by molar-refractivity contribution is -0.139. The summed E-state index contributed by atoms with van der Waals surface area (Å²) in [6.45, 7) is 7.45. The predicted molar refractivity (Wildman–Crippen MR) is 176 cm³/mol. The molecule has 8 nitrogen and oxygen atoms in total. The third kappa shape index (κ3) is 7.06. The van der Waals surface area contributed by atoms with Gasteiger partial charge in [-0.2, -0.15) is 0 Å². The number of carbonyl (C=O) groups is 1. The van der Waals surface area contributed by atoms with E-state index in [9.17, 15) is 4.79 Å². The van der Waals surface area contributed by atoms with Crippen LogP contribution in [0.5, 0.6) is 0 Å². The van der Waals surface area contributed by atoms with Crippen molar-refractivity contribution in [3.8, 4) is 0 Å². The van der Waals surface area contributed by atoms with Gasteiger partial charge in [0.05, 0.1) is 6.61 Å². The van der Waals surface area contributed by atoms with E-state index in [4.69, 9.17) is 30.7 Å². The van der Waals surface area contributed by atoms with E-state index < -0.39 is 32.1 Å². The van der Waals surface area contributed by atoms with Gasteiger partial charge in [-0.15, -0.1) is 0 Å². The summed E-state index contributed by atoms with van der Waals surface area (Å²) in [5, 5.41) is 5.85. The smallest absolute Gasteiger partial charge is 0.462 e. The molecule has 43 heavy (non-hydrogen) atoms. The molecule has 0 fully saturated rings. The van der Waals surface area contributed by atoms with Crippen LogP contribution in [0.3, 0.4) is 0 Å². The molecule has 0 saturated heterocycles. The molecule has 228 valence electrons. The van der Waals surface area contributed by atoms with E-state index in [2.05, 4.69) is 36.9 Å². The Kier molecular flexibility index (Phi) is 10.9. The van der Waals surface area contributed by atoms with Gasteiger partial charge in [-0.05, 0) is 47.5 Å². The average molecular weight is 637 g/mol. The second-order valence-electron chi connectivity index (χ2n) is 10.3. The fourth-order valence-electron chi connectivity index (χ4n) is 5.28. The van der Waals surface area contributed by atoms with Crippen molar-refractivity contribution < 1.29 is 35.5 Å². The van der Waals surface area contributed by atoms with Crippen molar-refractivity contribution in [2.24, 2.45) is 0 Å². The highest BCUT2D eigenvalue weighted by molar-refractivity contribution is 6.96. The summed E-state index contributed by atoms with van der Waals surface area (Å²) in [5.41, 5.74) is 0.343. The summed E-state index contributed by atoms with van der Waals surface area (Å²) in [6.07, 6.45) is 0.462. The van der Waals surface area contributed by atoms with Gasteiger partial charge in [0, 0.05) is 50.4 Å². The lowest BCUT2D eigenvalue weighted by atomic mass is 10.0. The minimum atomic E-state index is -3.59. The first kappa shape index (κ1) is 32.9. The molecule has 0 bridgehead atoms. The number of hydrogen-bond acceptors (Lipinski definition) is 8. The lowest BCUT2D eigenvalue weighted by Crippen LogP contribution is -2.69. The fourth-order valence-corrected chi connectivity index (χ4v) is 17.1. The Morgan fingerprint density at radius 2 is 1.28 bits per heavy atom. The molecule has 4 aromatic carbocycles. The lowest BCUT2D eigenvalue weighted by Gasteiger charge is -2.41. The second kappa shape index (κ2) is 14.2. The summed E-state index contributed by atoms with van der Waals surface area (Å²) < 4.78 is 44.3.